The topological polar surface area (TPSA) is 27.7 Å². The minimum absolute atomic E-state index is 0.934. The van der Waals surface area contributed by atoms with Crippen LogP contribution < -0.4 is 10.6 Å². The van der Waals surface area contributed by atoms with E-state index >= 15 is 0 Å². The number of hydrogen-bond acceptors (Lipinski definition) is 1. The highest BCUT2D eigenvalue weighted by Crippen LogP contribution is 2.40. The first-order chi connectivity index (χ1) is 37.6. The summed E-state index contributed by atoms with van der Waals surface area (Å²) < 4.78 is 7.23. The average molecular weight is 971 g/mol. The van der Waals surface area contributed by atoms with E-state index in [4.69, 9.17) is 6.58 Å². The van der Waals surface area contributed by atoms with E-state index in [0.717, 1.165) is 72.0 Å². The third kappa shape index (κ3) is 7.58. The molecule has 0 radical (unpaired) electrons. The smallest absolute Gasteiger partial charge is 0.0701 e. The van der Waals surface area contributed by atoms with Crippen LogP contribution in [0.1, 0.15) is 12.5 Å². The summed E-state index contributed by atoms with van der Waals surface area (Å²) in [5.41, 5.74) is 20.2. The van der Waals surface area contributed by atoms with Crippen molar-refractivity contribution >= 4 is 72.2 Å². The van der Waals surface area contributed by atoms with Crippen molar-refractivity contribution in [3.63, 3.8) is 0 Å². The second-order valence-corrected chi connectivity index (χ2v) is 19.6. The normalized spacial score (nSPS) is 12.2. The van der Waals surface area contributed by atoms with E-state index in [1.54, 1.807) is 0 Å². The van der Waals surface area contributed by atoms with Gasteiger partial charge >= 0.3 is 0 Å². The number of hydrogen-bond donors (Lipinski definition) is 0. The van der Waals surface area contributed by atoms with Gasteiger partial charge in [-0.25, -0.2) is 0 Å². The quantitative estimate of drug-likeness (QED) is 0.142. The van der Waals surface area contributed by atoms with Gasteiger partial charge in [-0.15, -0.1) is 0 Å². The average Bonchev–Trinajstić information content (AvgIpc) is 4.15. The third-order valence-electron chi connectivity index (χ3n) is 15.2. The van der Waals surface area contributed by atoms with Gasteiger partial charge in [-0.2, -0.15) is 0 Å². The summed E-state index contributed by atoms with van der Waals surface area (Å²) in [7, 11) is 0. The van der Waals surface area contributed by atoms with Crippen LogP contribution in [0, 0.1) is 0 Å². The van der Waals surface area contributed by atoms with Crippen LogP contribution in [0.3, 0.4) is 0 Å². The zero-order valence-corrected chi connectivity index (χ0v) is 42.0. The molecule has 0 bridgehead atoms. The highest BCUT2D eigenvalue weighted by molar-refractivity contribution is 6.14. The molecule has 358 valence electrons. The molecule has 0 spiro atoms. The molecule has 4 nitrogen and oxygen atoms in total. The molecule has 4 heteroatoms. The van der Waals surface area contributed by atoms with E-state index in [-0.39, 0.29) is 0 Å². The standard InChI is InChI=1S/C72H50N4/c1-3-67-60(62-44-54(49-18-8-4-9-19-49)30-37-68(62)74(67)58-33-27-52(28-34-58)66-26-16-17-41-73-66)42-48(2)53-29-36-70-61(43-53)63-45-55(50-20-10-5-11-21-50)32-39-71(63)76(70)59-35-40-72-65(47-59)64-46-56(51-22-12-6-13-23-51)31-38-69(64)75(72)57-24-14-7-15-25-57/h3-47H,2H2,1H3/b60-42-,67-3+. The molecule has 0 unspecified atom stereocenters. The maximum absolute atomic E-state index is 4.85. The second kappa shape index (κ2) is 18.5. The van der Waals surface area contributed by atoms with Crippen molar-refractivity contribution in [3.05, 3.63) is 284 Å². The van der Waals surface area contributed by atoms with Gasteiger partial charge in [0.1, 0.15) is 0 Å². The first-order valence-electron chi connectivity index (χ1n) is 26.0. The zero-order valence-electron chi connectivity index (χ0n) is 42.0. The van der Waals surface area contributed by atoms with Crippen molar-refractivity contribution in [1.82, 2.24) is 18.7 Å². The molecule has 0 saturated heterocycles. The lowest BCUT2D eigenvalue weighted by atomic mass is 9.99. The summed E-state index contributed by atoms with van der Waals surface area (Å²) in [5, 5.41) is 8.16. The van der Waals surface area contributed by atoms with Gasteiger partial charge in [-0.1, -0.05) is 164 Å². The third-order valence-corrected chi connectivity index (χ3v) is 15.2. The van der Waals surface area contributed by atoms with Crippen molar-refractivity contribution in [3.8, 4) is 61.7 Å². The highest BCUT2D eigenvalue weighted by Gasteiger charge is 2.20. The van der Waals surface area contributed by atoms with Crippen LogP contribution in [0.5, 0.6) is 0 Å². The van der Waals surface area contributed by atoms with Gasteiger partial charge in [0.25, 0.3) is 0 Å². The predicted molar refractivity (Wildman–Crippen MR) is 321 cm³/mol. The van der Waals surface area contributed by atoms with Crippen LogP contribution in [0.15, 0.2) is 268 Å². The van der Waals surface area contributed by atoms with Gasteiger partial charge in [0.15, 0.2) is 0 Å². The predicted octanol–water partition coefficient (Wildman–Crippen LogP) is 17.2. The summed E-state index contributed by atoms with van der Waals surface area (Å²) in [6, 6.07) is 92.1. The Bertz CT molecular complexity index is 4660. The van der Waals surface area contributed by atoms with Gasteiger partial charge in [-0.3, -0.25) is 4.98 Å². The molecule has 0 aliphatic carbocycles. The Morgan fingerprint density at radius 2 is 0.776 bits per heavy atom. The Labute approximate surface area is 441 Å². The van der Waals surface area contributed by atoms with Gasteiger partial charge in [0.05, 0.1) is 33.3 Å². The first kappa shape index (κ1) is 44.7. The minimum atomic E-state index is 0.934. The number of benzene rings is 10. The van der Waals surface area contributed by atoms with E-state index in [1.165, 1.54) is 66.0 Å². The maximum Gasteiger partial charge on any atom is 0.0701 e. The van der Waals surface area contributed by atoms with Gasteiger partial charge < -0.3 is 13.7 Å². The Morgan fingerprint density at radius 3 is 1.32 bits per heavy atom. The fourth-order valence-electron chi connectivity index (χ4n) is 11.6. The molecule has 4 aromatic heterocycles. The monoisotopic (exact) mass is 970 g/mol. The van der Waals surface area contributed by atoms with Crippen molar-refractivity contribution in [2.24, 2.45) is 0 Å². The fraction of sp³-hybridized carbons (Fsp3) is 0.0139. The summed E-state index contributed by atoms with van der Waals surface area (Å²) in [5.74, 6) is 0. The maximum atomic E-state index is 4.85. The first-order valence-corrected chi connectivity index (χ1v) is 26.0. The molecule has 14 aromatic rings. The van der Waals surface area contributed by atoms with Crippen LogP contribution in [-0.4, -0.2) is 18.7 Å². The van der Waals surface area contributed by atoms with Crippen molar-refractivity contribution < 1.29 is 0 Å². The number of nitrogens with zero attached hydrogens (tertiary/aromatic N) is 4. The molecular formula is C72H50N4. The van der Waals surface area contributed by atoms with E-state index in [1.807, 2.05) is 18.3 Å². The van der Waals surface area contributed by atoms with E-state index in [0.29, 0.717) is 0 Å². The number of rotatable bonds is 9. The van der Waals surface area contributed by atoms with Crippen LogP contribution in [0.2, 0.25) is 0 Å². The second-order valence-electron chi connectivity index (χ2n) is 19.6. The Balaban J connectivity index is 0.958. The zero-order chi connectivity index (χ0) is 50.7. The van der Waals surface area contributed by atoms with E-state index < -0.39 is 0 Å². The molecular weight excluding hydrogens is 921 g/mol. The van der Waals surface area contributed by atoms with Gasteiger partial charge in [0, 0.05) is 66.3 Å². The summed E-state index contributed by atoms with van der Waals surface area (Å²) >= 11 is 0. The number of aromatic nitrogens is 4. The summed E-state index contributed by atoms with van der Waals surface area (Å²) in [4.78, 5) is 4.62. The van der Waals surface area contributed by atoms with E-state index in [2.05, 4.69) is 280 Å². The van der Waals surface area contributed by atoms with Crippen molar-refractivity contribution in [2.45, 2.75) is 6.92 Å². The highest BCUT2D eigenvalue weighted by atomic mass is 15.0. The lowest BCUT2D eigenvalue weighted by Gasteiger charge is -2.11. The number of allylic oxidation sites excluding steroid dienone is 1. The van der Waals surface area contributed by atoms with Crippen molar-refractivity contribution in [1.29, 1.82) is 0 Å². The Morgan fingerprint density at radius 1 is 0.355 bits per heavy atom. The van der Waals surface area contributed by atoms with Gasteiger partial charge in [0.2, 0.25) is 0 Å². The Kier molecular flexibility index (Phi) is 10.9. The van der Waals surface area contributed by atoms with Crippen LogP contribution in [-0.2, 0) is 0 Å². The number of fused-ring (bicyclic) bond motifs is 7. The molecule has 4 heterocycles. The number of para-hydroxylation sites is 1. The van der Waals surface area contributed by atoms with Crippen LogP contribution in [0.4, 0.5) is 0 Å². The molecule has 0 atom stereocenters. The number of pyridine rings is 1. The largest absolute Gasteiger partial charge is 0.310 e. The molecule has 0 fully saturated rings. The van der Waals surface area contributed by atoms with E-state index in [9.17, 15) is 0 Å². The SMILES string of the molecule is C=C(/C=c1\c(=C/C)n(-c2ccc(-c3ccccn3)cc2)c2ccc(-c3ccccc3)cc12)c1ccc2c(c1)c1cc(-c3ccccc3)ccc1n2-c1ccc2c(c1)c1cc(-c3ccccc3)ccc1n2-c1ccccc1. The molecule has 0 N–H and O–H groups in total. The summed E-state index contributed by atoms with van der Waals surface area (Å²) in [6.45, 7) is 6.99. The van der Waals surface area contributed by atoms with Crippen LogP contribution >= 0.6 is 0 Å². The fourth-order valence-corrected chi connectivity index (χ4v) is 11.6. The summed E-state index contributed by atoms with van der Waals surface area (Å²) in [6.07, 6.45) is 6.37. The minimum Gasteiger partial charge on any atom is -0.310 e. The van der Waals surface area contributed by atoms with Crippen LogP contribution in [0.25, 0.3) is 134 Å². The molecule has 0 aliphatic rings. The van der Waals surface area contributed by atoms with Gasteiger partial charge in [-0.05, 0) is 161 Å². The molecule has 0 amide bonds. The molecule has 0 saturated carbocycles. The Hall–Kier alpha value is -10.0. The molecule has 14 rings (SSSR count). The molecule has 10 aromatic carbocycles. The lowest BCUT2D eigenvalue weighted by Crippen LogP contribution is -2.28. The molecule has 76 heavy (non-hydrogen) atoms. The van der Waals surface area contributed by atoms with Crippen molar-refractivity contribution in [2.75, 3.05) is 0 Å². The molecule has 0 aliphatic heterocycles. The lowest BCUT2D eigenvalue weighted by molar-refractivity contribution is 1.07.